The van der Waals surface area contributed by atoms with Gasteiger partial charge in [-0.2, -0.15) is 0 Å². The molecule has 0 fully saturated rings. The normalized spacial score (nSPS) is 11.8. The van der Waals surface area contributed by atoms with Gasteiger partial charge in [0, 0.05) is 17.4 Å². The van der Waals surface area contributed by atoms with Gasteiger partial charge in [-0.3, -0.25) is 0 Å². The average Bonchev–Trinajstić information content (AvgIpc) is 2.41. The van der Waals surface area contributed by atoms with Crippen molar-refractivity contribution in [1.29, 1.82) is 0 Å². The lowest BCUT2D eigenvalue weighted by Crippen LogP contribution is -2.26. The summed E-state index contributed by atoms with van der Waals surface area (Å²) in [4.78, 5) is 2.27. The molecule has 0 aliphatic heterocycles. The van der Waals surface area contributed by atoms with Crippen molar-refractivity contribution in [3.8, 4) is 0 Å². The molecular formula is C16H17N. The van der Waals surface area contributed by atoms with E-state index in [1.807, 2.05) is 18.2 Å². The summed E-state index contributed by atoms with van der Waals surface area (Å²) >= 11 is 0. The molecule has 0 saturated heterocycles. The molecule has 0 aliphatic rings. The molecule has 0 spiro atoms. The summed E-state index contributed by atoms with van der Waals surface area (Å²) in [7, 11) is 0. The summed E-state index contributed by atoms with van der Waals surface area (Å²) < 4.78 is 0. The number of para-hydroxylation sites is 2. The second-order valence-electron chi connectivity index (χ2n) is 4.02. The predicted octanol–water partition coefficient (Wildman–Crippen LogP) is 4.40. The highest BCUT2D eigenvalue weighted by Crippen LogP contribution is 2.27. The van der Waals surface area contributed by atoms with Gasteiger partial charge in [0.25, 0.3) is 0 Å². The number of rotatable bonds is 4. The third kappa shape index (κ3) is 2.56. The van der Waals surface area contributed by atoms with Gasteiger partial charge in [0.05, 0.1) is 0 Å². The second-order valence-corrected chi connectivity index (χ2v) is 4.02. The molecule has 0 heterocycles. The molecule has 1 unspecified atom stereocenters. The number of hydrogen-bond donors (Lipinski definition) is 0. The van der Waals surface area contributed by atoms with Gasteiger partial charge in [-0.15, -0.1) is 6.58 Å². The lowest BCUT2D eigenvalue weighted by atomic mass is 10.1. The maximum atomic E-state index is 3.89. The van der Waals surface area contributed by atoms with Crippen LogP contribution in [0.3, 0.4) is 0 Å². The first-order valence-electron chi connectivity index (χ1n) is 5.85. The Bertz CT molecular complexity index is 422. The quantitative estimate of drug-likeness (QED) is 0.694. The topological polar surface area (TPSA) is 3.24 Å². The lowest BCUT2D eigenvalue weighted by molar-refractivity contribution is 0.866. The standard InChI is InChI=1S/C16H17N/c1-3-14(2)17(15-10-6-4-7-11-15)16-12-8-5-9-13-16/h3-14H,1H2,2H3. The van der Waals surface area contributed by atoms with Crippen molar-refractivity contribution in [3.63, 3.8) is 0 Å². The third-order valence-corrected chi connectivity index (χ3v) is 2.82. The fourth-order valence-corrected chi connectivity index (χ4v) is 1.90. The first kappa shape index (κ1) is 11.5. The molecule has 0 aliphatic carbocycles. The van der Waals surface area contributed by atoms with Gasteiger partial charge in [0.2, 0.25) is 0 Å². The molecule has 0 radical (unpaired) electrons. The fraction of sp³-hybridized carbons (Fsp3) is 0.125. The van der Waals surface area contributed by atoms with Gasteiger partial charge in [-0.1, -0.05) is 42.5 Å². The molecule has 2 aromatic carbocycles. The Labute approximate surface area is 103 Å². The van der Waals surface area contributed by atoms with Crippen molar-refractivity contribution in [2.45, 2.75) is 13.0 Å². The minimum absolute atomic E-state index is 0.264. The van der Waals surface area contributed by atoms with Crippen LogP contribution in [0.2, 0.25) is 0 Å². The molecule has 0 aromatic heterocycles. The summed E-state index contributed by atoms with van der Waals surface area (Å²) in [5, 5.41) is 0. The highest BCUT2D eigenvalue weighted by atomic mass is 15.2. The zero-order chi connectivity index (χ0) is 12.1. The van der Waals surface area contributed by atoms with E-state index in [1.165, 1.54) is 11.4 Å². The van der Waals surface area contributed by atoms with Crippen LogP contribution in [-0.2, 0) is 0 Å². The Morgan fingerprint density at radius 1 is 0.882 bits per heavy atom. The average molecular weight is 223 g/mol. The minimum Gasteiger partial charge on any atom is -0.335 e. The van der Waals surface area contributed by atoms with Crippen molar-refractivity contribution in [3.05, 3.63) is 73.3 Å². The Kier molecular flexibility index (Phi) is 3.61. The van der Waals surface area contributed by atoms with Gasteiger partial charge in [0.15, 0.2) is 0 Å². The Hall–Kier alpha value is -2.02. The maximum Gasteiger partial charge on any atom is 0.0491 e. The van der Waals surface area contributed by atoms with Crippen molar-refractivity contribution in [2.75, 3.05) is 4.90 Å². The van der Waals surface area contributed by atoms with E-state index in [1.54, 1.807) is 0 Å². The molecular weight excluding hydrogens is 206 g/mol. The maximum absolute atomic E-state index is 3.89. The molecule has 17 heavy (non-hydrogen) atoms. The molecule has 1 atom stereocenters. The van der Waals surface area contributed by atoms with Crippen LogP contribution in [0.25, 0.3) is 0 Å². The van der Waals surface area contributed by atoms with E-state index < -0.39 is 0 Å². The zero-order valence-corrected chi connectivity index (χ0v) is 10.1. The molecule has 0 saturated carbocycles. The Balaban J connectivity index is 2.43. The summed E-state index contributed by atoms with van der Waals surface area (Å²) in [6.45, 7) is 6.04. The molecule has 2 aromatic rings. The third-order valence-electron chi connectivity index (χ3n) is 2.82. The molecule has 0 N–H and O–H groups in total. The lowest BCUT2D eigenvalue weighted by Gasteiger charge is -2.29. The van der Waals surface area contributed by atoms with Gasteiger partial charge in [-0.25, -0.2) is 0 Å². The van der Waals surface area contributed by atoms with E-state index in [9.17, 15) is 0 Å². The van der Waals surface area contributed by atoms with Crippen LogP contribution in [-0.4, -0.2) is 6.04 Å². The SMILES string of the molecule is C=CC(C)N(c1ccccc1)c1ccccc1. The highest BCUT2D eigenvalue weighted by Gasteiger charge is 2.12. The van der Waals surface area contributed by atoms with Gasteiger partial charge in [-0.05, 0) is 31.2 Å². The molecule has 2 rings (SSSR count). The summed E-state index contributed by atoms with van der Waals surface area (Å²) in [6.07, 6.45) is 1.96. The summed E-state index contributed by atoms with van der Waals surface area (Å²) in [6, 6.07) is 21.0. The second kappa shape index (κ2) is 5.35. The van der Waals surface area contributed by atoms with Crippen LogP contribution in [0.15, 0.2) is 73.3 Å². The monoisotopic (exact) mass is 223 g/mol. The Morgan fingerprint density at radius 2 is 1.29 bits per heavy atom. The van der Waals surface area contributed by atoms with E-state index in [0.29, 0.717) is 0 Å². The van der Waals surface area contributed by atoms with Gasteiger partial charge in [0.1, 0.15) is 0 Å². The van der Waals surface area contributed by atoms with Gasteiger partial charge < -0.3 is 4.90 Å². The van der Waals surface area contributed by atoms with E-state index in [2.05, 4.69) is 66.9 Å². The van der Waals surface area contributed by atoms with Crippen LogP contribution >= 0.6 is 0 Å². The first-order chi connectivity index (χ1) is 8.33. The fourth-order valence-electron chi connectivity index (χ4n) is 1.90. The van der Waals surface area contributed by atoms with E-state index in [4.69, 9.17) is 0 Å². The van der Waals surface area contributed by atoms with Gasteiger partial charge >= 0.3 is 0 Å². The molecule has 1 heteroatoms. The van der Waals surface area contributed by atoms with Crippen LogP contribution in [0.5, 0.6) is 0 Å². The van der Waals surface area contributed by atoms with Crippen LogP contribution in [0, 0.1) is 0 Å². The van der Waals surface area contributed by atoms with E-state index in [-0.39, 0.29) is 6.04 Å². The summed E-state index contributed by atoms with van der Waals surface area (Å²) in [5.74, 6) is 0. The van der Waals surface area contributed by atoms with Crippen molar-refractivity contribution >= 4 is 11.4 Å². The van der Waals surface area contributed by atoms with Crippen molar-refractivity contribution in [2.24, 2.45) is 0 Å². The van der Waals surface area contributed by atoms with Crippen molar-refractivity contribution < 1.29 is 0 Å². The highest BCUT2D eigenvalue weighted by molar-refractivity contribution is 5.64. The van der Waals surface area contributed by atoms with Crippen LogP contribution in [0.1, 0.15) is 6.92 Å². The van der Waals surface area contributed by atoms with Crippen LogP contribution in [0.4, 0.5) is 11.4 Å². The minimum atomic E-state index is 0.264. The number of anilines is 2. The molecule has 0 bridgehead atoms. The van der Waals surface area contributed by atoms with E-state index >= 15 is 0 Å². The molecule has 1 nitrogen and oxygen atoms in total. The summed E-state index contributed by atoms with van der Waals surface area (Å²) in [5.41, 5.74) is 2.37. The molecule has 86 valence electrons. The van der Waals surface area contributed by atoms with Crippen molar-refractivity contribution in [1.82, 2.24) is 0 Å². The number of benzene rings is 2. The van der Waals surface area contributed by atoms with Crippen LogP contribution < -0.4 is 4.90 Å². The largest absolute Gasteiger partial charge is 0.335 e. The smallest absolute Gasteiger partial charge is 0.0491 e. The Morgan fingerprint density at radius 3 is 1.65 bits per heavy atom. The predicted molar refractivity (Wildman–Crippen MR) is 74.7 cm³/mol. The molecule has 0 amide bonds. The van der Waals surface area contributed by atoms with E-state index in [0.717, 1.165) is 0 Å². The number of hydrogen-bond acceptors (Lipinski definition) is 1. The zero-order valence-electron chi connectivity index (χ0n) is 10.1. The number of nitrogens with zero attached hydrogens (tertiary/aromatic N) is 1. The first-order valence-corrected chi connectivity index (χ1v) is 5.85.